The summed E-state index contributed by atoms with van der Waals surface area (Å²) in [6.45, 7) is 4.27. The molecule has 1 heteroatoms. The van der Waals surface area contributed by atoms with E-state index in [1.54, 1.807) is 0 Å². The lowest BCUT2D eigenvalue weighted by atomic mass is 9.90. The minimum Gasteiger partial charge on any atom is -0.381 e. The number of unbranched alkanes of at least 4 members (excludes halogenated alkanes) is 1. The van der Waals surface area contributed by atoms with E-state index in [1.807, 2.05) is 0 Å². The minimum atomic E-state index is 0.926. The summed E-state index contributed by atoms with van der Waals surface area (Å²) in [5.41, 5.74) is 0. The molecule has 2 fully saturated rings. The Hall–Kier alpha value is -0.0400. The first kappa shape index (κ1) is 9.51. The van der Waals surface area contributed by atoms with Crippen LogP contribution in [0.3, 0.4) is 0 Å². The van der Waals surface area contributed by atoms with Crippen molar-refractivity contribution in [3.8, 4) is 0 Å². The Morgan fingerprint density at radius 1 is 1.23 bits per heavy atom. The Balaban J connectivity index is 1.60. The molecule has 0 N–H and O–H groups in total. The summed E-state index contributed by atoms with van der Waals surface area (Å²) in [5.74, 6) is 3.03. The molecule has 0 aromatic carbocycles. The van der Waals surface area contributed by atoms with Gasteiger partial charge < -0.3 is 4.74 Å². The Labute approximate surface area is 81.9 Å². The monoisotopic (exact) mass is 182 g/mol. The molecule has 2 saturated carbocycles. The van der Waals surface area contributed by atoms with Crippen LogP contribution in [0.15, 0.2) is 0 Å². The van der Waals surface area contributed by atoms with Gasteiger partial charge in [0.15, 0.2) is 0 Å². The van der Waals surface area contributed by atoms with Gasteiger partial charge >= 0.3 is 0 Å². The average molecular weight is 182 g/mol. The fraction of sp³-hybridized carbons (Fsp3) is 1.00. The zero-order valence-corrected chi connectivity index (χ0v) is 8.80. The van der Waals surface area contributed by atoms with Gasteiger partial charge in [-0.15, -0.1) is 0 Å². The van der Waals surface area contributed by atoms with Gasteiger partial charge in [0.1, 0.15) is 0 Å². The summed E-state index contributed by atoms with van der Waals surface area (Å²) < 4.78 is 5.71. The second kappa shape index (κ2) is 4.45. The smallest absolute Gasteiger partial charge is 0.0497 e. The minimum absolute atomic E-state index is 0.926. The van der Waals surface area contributed by atoms with E-state index in [-0.39, 0.29) is 0 Å². The molecule has 0 heterocycles. The van der Waals surface area contributed by atoms with Crippen molar-refractivity contribution in [3.05, 3.63) is 0 Å². The van der Waals surface area contributed by atoms with Crippen LogP contribution in [0.25, 0.3) is 0 Å². The summed E-state index contributed by atoms with van der Waals surface area (Å²) in [6, 6.07) is 0. The molecule has 0 aliphatic heterocycles. The Kier molecular flexibility index (Phi) is 3.26. The molecular formula is C12H22O. The summed E-state index contributed by atoms with van der Waals surface area (Å²) in [5, 5.41) is 0. The van der Waals surface area contributed by atoms with Gasteiger partial charge in [-0.3, -0.25) is 0 Å². The quantitative estimate of drug-likeness (QED) is 0.593. The van der Waals surface area contributed by atoms with Crippen LogP contribution in [0.1, 0.15) is 45.4 Å². The van der Waals surface area contributed by atoms with Crippen LogP contribution in [-0.2, 0) is 4.74 Å². The Morgan fingerprint density at radius 2 is 2.15 bits per heavy atom. The molecule has 2 rings (SSSR count). The van der Waals surface area contributed by atoms with Gasteiger partial charge in [-0.25, -0.2) is 0 Å². The first-order chi connectivity index (χ1) is 6.40. The number of fused-ring (bicyclic) bond motifs is 2. The Bertz CT molecular complexity index is 155. The predicted octanol–water partition coefficient (Wildman–Crippen LogP) is 3.24. The van der Waals surface area contributed by atoms with E-state index < -0.39 is 0 Å². The molecule has 76 valence electrons. The first-order valence-electron chi connectivity index (χ1n) is 5.98. The van der Waals surface area contributed by atoms with Gasteiger partial charge in [-0.1, -0.05) is 19.8 Å². The van der Waals surface area contributed by atoms with Crippen LogP contribution in [0, 0.1) is 17.8 Å². The third-order valence-electron chi connectivity index (χ3n) is 3.86. The molecule has 3 atom stereocenters. The fourth-order valence-electron chi connectivity index (χ4n) is 3.06. The molecule has 2 aliphatic rings. The highest BCUT2D eigenvalue weighted by Crippen LogP contribution is 2.48. The zero-order valence-electron chi connectivity index (χ0n) is 8.80. The fourth-order valence-corrected chi connectivity index (χ4v) is 3.06. The van der Waals surface area contributed by atoms with E-state index in [4.69, 9.17) is 4.74 Å². The van der Waals surface area contributed by atoms with Crippen LogP contribution in [0.2, 0.25) is 0 Å². The predicted molar refractivity (Wildman–Crippen MR) is 54.7 cm³/mol. The SMILES string of the molecule is CCCCOC[C@H]1C[C@H]2CC[C@@H]1C2. The van der Waals surface area contributed by atoms with Gasteiger partial charge in [0.2, 0.25) is 0 Å². The molecule has 2 aliphatic carbocycles. The third kappa shape index (κ3) is 2.25. The molecule has 2 bridgehead atoms. The van der Waals surface area contributed by atoms with Crippen LogP contribution >= 0.6 is 0 Å². The number of rotatable bonds is 5. The van der Waals surface area contributed by atoms with Crippen molar-refractivity contribution in [2.24, 2.45) is 17.8 Å². The van der Waals surface area contributed by atoms with Crippen molar-refractivity contribution in [1.29, 1.82) is 0 Å². The second-order valence-corrected chi connectivity index (χ2v) is 4.86. The topological polar surface area (TPSA) is 9.23 Å². The molecule has 0 spiro atoms. The van der Waals surface area contributed by atoms with Gasteiger partial charge in [0, 0.05) is 13.2 Å². The number of hydrogen-bond donors (Lipinski definition) is 0. The largest absolute Gasteiger partial charge is 0.381 e. The molecule has 0 saturated heterocycles. The lowest BCUT2D eigenvalue weighted by Crippen LogP contribution is -2.17. The average Bonchev–Trinajstić information content (AvgIpc) is 2.73. The molecule has 0 aromatic rings. The van der Waals surface area contributed by atoms with Gasteiger partial charge in [0.25, 0.3) is 0 Å². The second-order valence-electron chi connectivity index (χ2n) is 4.86. The van der Waals surface area contributed by atoms with Crippen LogP contribution < -0.4 is 0 Å². The van der Waals surface area contributed by atoms with E-state index in [2.05, 4.69) is 6.92 Å². The van der Waals surface area contributed by atoms with Gasteiger partial charge in [0.05, 0.1) is 0 Å². The molecular weight excluding hydrogens is 160 g/mol. The van der Waals surface area contributed by atoms with Crippen LogP contribution in [0.5, 0.6) is 0 Å². The summed E-state index contributed by atoms with van der Waals surface area (Å²) in [6.07, 6.45) is 8.48. The Morgan fingerprint density at radius 3 is 2.77 bits per heavy atom. The summed E-state index contributed by atoms with van der Waals surface area (Å²) in [7, 11) is 0. The highest BCUT2D eigenvalue weighted by atomic mass is 16.5. The van der Waals surface area contributed by atoms with Crippen molar-refractivity contribution in [2.45, 2.75) is 45.4 Å². The van der Waals surface area contributed by atoms with Crippen molar-refractivity contribution in [2.75, 3.05) is 13.2 Å². The zero-order chi connectivity index (χ0) is 9.10. The van der Waals surface area contributed by atoms with E-state index >= 15 is 0 Å². The van der Waals surface area contributed by atoms with Crippen LogP contribution in [-0.4, -0.2) is 13.2 Å². The van der Waals surface area contributed by atoms with Crippen LogP contribution in [0.4, 0.5) is 0 Å². The standard InChI is InChI=1S/C12H22O/c1-2-3-6-13-9-12-8-10-4-5-11(12)7-10/h10-12H,2-9H2,1H3/t10-,11+,12+/m0/s1. The normalized spacial score (nSPS) is 37.2. The maximum Gasteiger partial charge on any atom is 0.0497 e. The summed E-state index contributed by atoms with van der Waals surface area (Å²) >= 11 is 0. The molecule has 0 amide bonds. The van der Waals surface area contributed by atoms with E-state index in [0.29, 0.717) is 0 Å². The van der Waals surface area contributed by atoms with E-state index in [1.165, 1.54) is 38.5 Å². The summed E-state index contributed by atoms with van der Waals surface area (Å²) in [4.78, 5) is 0. The van der Waals surface area contributed by atoms with E-state index in [9.17, 15) is 0 Å². The van der Waals surface area contributed by atoms with E-state index in [0.717, 1.165) is 31.0 Å². The highest BCUT2D eigenvalue weighted by Gasteiger charge is 2.39. The number of ether oxygens (including phenoxy) is 1. The van der Waals surface area contributed by atoms with Crippen molar-refractivity contribution in [3.63, 3.8) is 0 Å². The third-order valence-corrected chi connectivity index (χ3v) is 3.86. The molecule has 0 radical (unpaired) electrons. The molecule has 0 unspecified atom stereocenters. The van der Waals surface area contributed by atoms with Crippen molar-refractivity contribution < 1.29 is 4.74 Å². The molecule has 0 aromatic heterocycles. The maximum atomic E-state index is 5.71. The lowest BCUT2D eigenvalue weighted by molar-refractivity contribution is 0.0768. The van der Waals surface area contributed by atoms with Crippen molar-refractivity contribution >= 4 is 0 Å². The molecule has 1 nitrogen and oxygen atoms in total. The maximum absolute atomic E-state index is 5.71. The first-order valence-corrected chi connectivity index (χ1v) is 5.98. The lowest BCUT2D eigenvalue weighted by Gasteiger charge is -2.21. The molecule has 13 heavy (non-hydrogen) atoms. The van der Waals surface area contributed by atoms with Crippen molar-refractivity contribution in [1.82, 2.24) is 0 Å². The van der Waals surface area contributed by atoms with Gasteiger partial charge in [-0.05, 0) is 43.4 Å². The highest BCUT2D eigenvalue weighted by molar-refractivity contribution is 4.89. The number of hydrogen-bond acceptors (Lipinski definition) is 1. The van der Waals surface area contributed by atoms with Gasteiger partial charge in [-0.2, -0.15) is 0 Å².